The zero-order valence-electron chi connectivity index (χ0n) is 24.0. The van der Waals surface area contributed by atoms with Gasteiger partial charge < -0.3 is 17.7 Å². The van der Waals surface area contributed by atoms with Gasteiger partial charge in [-0.2, -0.15) is 0 Å². The molecule has 41 heavy (non-hydrogen) atoms. The van der Waals surface area contributed by atoms with Crippen LogP contribution in [-0.4, -0.2) is 9.05 Å². The van der Waals surface area contributed by atoms with Crippen LogP contribution in [-0.2, 0) is 17.7 Å². The normalized spacial score (nSPS) is 13.0. The lowest BCUT2D eigenvalue weighted by molar-refractivity contribution is 0.108. The topological polar surface area (TPSA) is 36.9 Å². The Morgan fingerprint density at radius 2 is 0.561 bits per heavy atom. The first-order valence-electron chi connectivity index (χ1n) is 13.7. The number of allylic oxidation sites excluding steroid dienone is 4. The number of benzene rings is 4. The van der Waals surface area contributed by atoms with Gasteiger partial charge in [0.1, 0.15) is 23.0 Å². The summed E-state index contributed by atoms with van der Waals surface area (Å²) in [7, 11) is -4.14. The van der Waals surface area contributed by atoms with E-state index >= 15 is 0 Å². The molecule has 4 aromatic rings. The lowest BCUT2D eigenvalue weighted by Gasteiger charge is -2.32. The molecule has 4 nitrogen and oxygen atoms in total. The van der Waals surface area contributed by atoms with Crippen LogP contribution in [0.3, 0.4) is 0 Å². The van der Waals surface area contributed by atoms with E-state index in [9.17, 15) is 0 Å². The molecule has 0 aliphatic carbocycles. The Morgan fingerprint density at radius 3 is 0.732 bits per heavy atom. The van der Waals surface area contributed by atoms with E-state index in [1.54, 1.807) is 0 Å². The Balaban J connectivity index is 1.89. The number of rotatable bonds is 12. The summed E-state index contributed by atoms with van der Waals surface area (Å²) in [5, 5.41) is 0. The molecule has 0 spiro atoms. The van der Waals surface area contributed by atoms with Gasteiger partial charge in [-0.25, -0.2) is 0 Å². The molecule has 4 aromatic carbocycles. The summed E-state index contributed by atoms with van der Waals surface area (Å²) in [6.07, 6.45) is 7.61. The first-order valence-corrected chi connectivity index (χ1v) is 15.4. The lowest BCUT2D eigenvalue weighted by atomic mass is 10.2. The van der Waals surface area contributed by atoms with Crippen LogP contribution >= 0.6 is 0 Å². The minimum Gasteiger partial charge on any atom is -0.452 e. The van der Waals surface area contributed by atoms with Gasteiger partial charge in [-0.05, 0) is 52.0 Å². The highest BCUT2D eigenvalue weighted by atomic mass is 28.4. The summed E-state index contributed by atoms with van der Waals surface area (Å²) in [5.74, 6) is 2.36. The third-order valence-corrected chi connectivity index (χ3v) is 8.10. The first kappa shape index (κ1) is 29.2. The van der Waals surface area contributed by atoms with Gasteiger partial charge in [0.05, 0.1) is 0 Å². The van der Waals surface area contributed by atoms with Gasteiger partial charge in [0.25, 0.3) is 0 Å². The maximum atomic E-state index is 6.85. The van der Waals surface area contributed by atoms with Crippen molar-refractivity contribution in [2.45, 2.75) is 27.7 Å². The Morgan fingerprint density at radius 1 is 0.366 bits per heavy atom. The zero-order chi connectivity index (χ0) is 28.9. The summed E-state index contributed by atoms with van der Waals surface area (Å²) in [4.78, 5) is 0. The molecular formula is C36H36O4Si. The molecule has 0 aliphatic rings. The monoisotopic (exact) mass is 560 g/mol. The summed E-state index contributed by atoms with van der Waals surface area (Å²) in [6, 6.07) is 39.6. The van der Waals surface area contributed by atoms with E-state index < -0.39 is 9.05 Å². The van der Waals surface area contributed by atoms with Gasteiger partial charge in [-0.1, -0.05) is 121 Å². The molecule has 4 rings (SSSR count). The first-order chi connectivity index (χ1) is 20.1. The van der Waals surface area contributed by atoms with Crippen molar-refractivity contribution in [3.63, 3.8) is 0 Å². The molecule has 0 radical (unpaired) electrons. The summed E-state index contributed by atoms with van der Waals surface area (Å²) < 4.78 is 27.4. The van der Waals surface area contributed by atoms with Gasteiger partial charge >= 0.3 is 9.05 Å². The fraction of sp³-hybridized carbons (Fsp3) is 0.111. The predicted molar refractivity (Wildman–Crippen MR) is 170 cm³/mol. The van der Waals surface area contributed by atoms with Crippen molar-refractivity contribution < 1.29 is 17.7 Å². The van der Waals surface area contributed by atoms with E-state index in [4.69, 9.17) is 17.7 Å². The molecule has 0 amide bonds. The third-order valence-electron chi connectivity index (χ3n) is 6.22. The number of hydrogen-bond donors (Lipinski definition) is 0. The second-order valence-corrected chi connectivity index (χ2v) is 10.8. The average Bonchev–Trinajstić information content (AvgIpc) is 3.05. The van der Waals surface area contributed by atoms with Crippen LogP contribution in [0.4, 0.5) is 0 Å². The largest absolute Gasteiger partial charge is 0.966 e. The Labute approximate surface area is 245 Å². The molecular weight excluding hydrogens is 524 g/mol. The van der Waals surface area contributed by atoms with E-state index in [2.05, 4.69) is 0 Å². The third kappa shape index (κ3) is 7.68. The van der Waals surface area contributed by atoms with Gasteiger partial charge in [0.2, 0.25) is 0 Å². The van der Waals surface area contributed by atoms with Crippen LogP contribution in [0.1, 0.15) is 49.9 Å². The SMILES string of the molecule is C/C=C(\O[Si](O/C(=C\C)c1ccccc1)(O/C(=C\C)c1ccccc1)O/C(=C/C)c1ccccc1)c1ccccc1. The van der Waals surface area contributed by atoms with Crippen LogP contribution < -0.4 is 0 Å². The van der Waals surface area contributed by atoms with E-state index in [-0.39, 0.29) is 0 Å². The molecule has 0 atom stereocenters. The quantitative estimate of drug-likeness (QED) is 0.128. The minimum atomic E-state index is -4.14. The summed E-state index contributed by atoms with van der Waals surface area (Å²) in [6.45, 7) is 7.71. The fourth-order valence-corrected chi connectivity index (χ4v) is 6.48. The van der Waals surface area contributed by atoms with Crippen molar-refractivity contribution in [1.29, 1.82) is 0 Å². The smallest absolute Gasteiger partial charge is 0.452 e. The molecule has 0 N–H and O–H groups in total. The zero-order valence-corrected chi connectivity index (χ0v) is 25.0. The average molecular weight is 561 g/mol. The highest BCUT2D eigenvalue weighted by Crippen LogP contribution is 2.35. The predicted octanol–water partition coefficient (Wildman–Crippen LogP) is 9.73. The molecule has 0 heterocycles. The van der Waals surface area contributed by atoms with Crippen LogP contribution in [0.15, 0.2) is 146 Å². The van der Waals surface area contributed by atoms with Gasteiger partial charge in [0, 0.05) is 22.3 Å². The second-order valence-electron chi connectivity index (χ2n) is 8.98. The van der Waals surface area contributed by atoms with Gasteiger partial charge in [-0.15, -0.1) is 0 Å². The van der Waals surface area contributed by atoms with Crippen LogP contribution in [0.25, 0.3) is 23.0 Å². The maximum absolute atomic E-state index is 6.85. The molecule has 0 aromatic heterocycles. The van der Waals surface area contributed by atoms with Crippen LogP contribution in [0.5, 0.6) is 0 Å². The highest BCUT2D eigenvalue weighted by molar-refractivity contribution is 6.57. The maximum Gasteiger partial charge on any atom is 0.966 e. The number of hydrogen-bond acceptors (Lipinski definition) is 4. The van der Waals surface area contributed by atoms with E-state index in [1.807, 2.05) is 173 Å². The van der Waals surface area contributed by atoms with E-state index in [0.717, 1.165) is 22.3 Å². The molecule has 0 unspecified atom stereocenters. The van der Waals surface area contributed by atoms with Crippen molar-refractivity contribution in [3.05, 3.63) is 168 Å². The molecule has 0 saturated carbocycles. The van der Waals surface area contributed by atoms with Crippen molar-refractivity contribution in [2.75, 3.05) is 0 Å². The molecule has 0 aliphatic heterocycles. The Kier molecular flexibility index (Phi) is 10.4. The molecule has 0 saturated heterocycles. The van der Waals surface area contributed by atoms with Crippen molar-refractivity contribution in [2.24, 2.45) is 0 Å². The van der Waals surface area contributed by atoms with Gasteiger partial charge in [0.15, 0.2) is 0 Å². The molecule has 0 fully saturated rings. The lowest BCUT2D eigenvalue weighted by Crippen LogP contribution is -2.47. The van der Waals surface area contributed by atoms with Crippen molar-refractivity contribution >= 4 is 32.1 Å². The highest BCUT2D eigenvalue weighted by Gasteiger charge is 2.60. The van der Waals surface area contributed by atoms with E-state index in [1.165, 1.54) is 0 Å². The van der Waals surface area contributed by atoms with Crippen LogP contribution in [0.2, 0.25) is 0 Å². The summed E-state index contributed by atoms with van der Waals surface area (Å²) in [5.41, 5.74) is 3.53. The summed E-state index contributed by atoms with van der Waals surface area (Å²) >= 11 is 0. The second kappa shape index (κ2) is 14.6. The molecule has 208 valence electrons. The Bertz CT molecular complexity index is 1260. The molecule has 0 bridgehead atoms. The van der Waals surface area contributed by atoms with Crippen molar-refractivity contribution in [1.82, 2.24) is 0 Å². The van der Waals surface area contributed by atoms with E-state index in [0.29, 0.717) is 23.0 Å². The Hall–Kier alpha value is -4.74. The van der Waals surface area contributed by atoms with Crippen molar-refractivity contribution in [3.8, 4) is 0 Å². The fourth-order valence-electron chi connectivity index (χ4n) is 4.21. The minimum absolute atomic E-state index is 0.591. The molecule has 5 heteroatoms. The van der Waals surface area contributed by atoms with Crippen LogP contribution in [0, 0.1) is 0 Å². The van der Waals surface area contributed by atoms with Gasteiger partial charge in [-0.3, -0.25) is 0 Å². The standard InChI is InChI=1S/C36H36O4Si/c1-5-33(29-21-13-9-14-22-29)37-41(38-34(6-2)30-23-15-10-16-24-30,39-35(7-3)31-25-17-11-18-26-31)40-36(8-4)32-27-19-12-20-28-32/h5-28H,1-4H3/b33-5-,34-6-,35-7-,36-8+.